The monoisotopic (exact) mass is 329 g/mol. The molecule has 3 rings (SSSR count). The Labute approximate surface area is 146 Å². The number of hydrogen-bond donors (Lipinski definition) is 0. The van der Waals surface area contributed by atoms with Crippen LogP contribution in [0.2, 0.25) is 0 Å². The van der Waals surface area contributed by atoms with E-state index in [0.717, 1.165) is 45.8 Å². The molecule has 0 radical (unpaired) electrons. The molecule has 2 aliphatic rings. The molecule has 4 nitrogen and oxygen atoms in total. The van der Waals surface area contributed by atoms with E-state index in [-0.39, 0.29) is 0 Å². The average molecular weight is 329 g/mol. The molecule has 0 N–H and O–H groups in total. The second kappa shape index (κ2) is 8.13. The molecule has 1 amide bonds. The number of hydrogen-bond acceptors (Lipinski definition) is 3. The SMILES string of the molecule is CC(C)c1ccc(CN2CCN(CC(=O)N3CCCC3)CC2)cc1. The molecule has 0 unspecified atom stereocenters. The van der Waals surface area contributed by atoms with Gasteiger partial charge >= 0.3 is 0 Å². The lowest BCUT2D eigenvalue weighted by atomic mass is 10.0. The highest BCUT2D eigenvalue weighted by atomic mass is 16.2. The van der Waals surface area contributed by atoms with Gasteiger partial charge in [0.1, 0.15) is 0 Å². The first-order valence-electron chi connectivity index (χ1n) is 9.43. The summed E-state index contributed by atoms with van der Waals surface area (Å²) in [4.78, 5) is 19.1. The summed E-state index contributed by atoms with van der Waals surface area (Å²) in [5, 5.41) is 0. The minimum Gasteiger partial charge on any atom is -0.342 e. The van der Waals surface area contributed by atoms with E-state index in [9.17, 15) is 4.79 Å². The van der Waals surface area contributed by atoms with Gasteiger partial charge in [0.05, 0.1) is 6.54 Å². The molecule has 0 bridgehead atoms. The molecular weight excluding hydrogens is 298 g/mol. The lowest BCUT2D eigenvalue weighted by Gasteiger charge is -2.35. The third-order valence-electron chi connectivity index (χ3n) is 5.34. The number of amides is 1. The smallest absolute Gasteiger partial charge is 0.236 e. The second-order valence-electron chi connectivity index (χ2n) is 7.54. The van der Waals surface area contributed by atoms with Crippen LogP contribution in [0, 0.1) is 0 Å². The molecule has 0 saturated carbocycles. The Hall–Kier alpha value is -1.39. The van der Waals surface area contributed by atoms with Gasteiger partial charge in [-0.15, -0.1) is 0 Å². The maximum atomic E-state index is 12.2. The molecule has 1 aromatic carbocycles. The number of nitrogens with zero attached hydrogens (tertiary/aromatic N) is 3. The quantitative estimate of drug-likeness (QED) is 0.831. The van der Waals surface area contributed by atoms with Crippen LogP contribution in [0.1, 0.15) is 43.7 Å². The molecule has 4 heteroatoms. The topological polar surface area (TPSA) is 26.8 Å². The van der Waals surface area contributed by atoms with E-state index in [4.69, 9.17) is 0 Å². The van der Waals surface area contributed by atoms with E-state index in [1.165, 1.54) is 24.0 Å². The number of benzene rings is 1. The summed E-state index contributed by atoms with van der Waals surface area (Å²) < 4.78 is 0. The van der Waals surface area contributed by atoms with Crippen molar-refractivity contribution in [3.63, 3.8) is 0 Å². The predicted molar refractivity (Wildman–Crippen MR) is 98.1 cm³/mol. The van der Waals surface area contributed by atoms with Gasteiger partial charge in [0.25, 0.3) is 0 Å². The Morgan fingerprint density at radius 3 is 2.08 bits per heavy atom. The molecule has 132 valence electrons. The van der Waals surface area contributed by atoms with Gasteiger partial charge in [-0.05, 0) is 29.9 Å². The summed E-state index contributed by atoms with van der Waals surface area (Å²) in [7, 11) is 0. The summed E-state index contributed by atoms with van der Waals surface area (Å²) in [5.41, 5.74) is 2.80. The Kier molecular flexibility index (Phi) is 5.90. The van der Waals surface area contributed by atoms with E-state index < -0.39 is 0 Å². The van der Waals surface area contributed by atoms with Crippen molar-refractivity contribution in [3.05, 3.63) is 35.4 Å². The largest absolute Gasteiger partial charge is 0.342 e. The normalized spacial score (nSPS) is 20.0. The average Bonchev–Trinajstić information content (AvgIpc) is 3.12. The number of likely N-dealkylation sites (tertiary alicyclic amines) is 1. The van der Waals surface area contributed by atoms with Gasteiger partial charge in [0.2, 0.25) is 5.91 Å². The third kappa shape index (κ3) is 4.58. The van der Waals surface area contributed by atoms with Crippen LogP contribution in [0.15, 0.2) is 24.3 Å². The summed E-state index contributed by atoms with van der Waals surface area (Å²) >= 11 is 0. The van der Waals surface area contributed by atoms with Crippen molar-refractivity contribution in [2.75, 3.05) is 45.8 Å². The lowest BCUT2D eigenvalue weighted by Crippen LogP contribution is -2.49. The minimum atomic E-state index is 0.324. The first-order chi connectivity index (χ1) is 11.6. The number of carbonyl (C=O) groups excluding carboxylic acids is 1. The summed E-state index contributed by atoms with van der Waals surface area (Å²) in [6.45, 7) is 12.1. The van der Waals surface area contributed by atoms with Crippen LogP contribution >= 0.6 is 0 Å². The molecule has 0 atom stereocenters. The highest BCUT2D eigenvalue weighted by Crippen LogP contribution is 2.16. The molecule has 2 fully saturated rings. The number of carbonyl (C=O) groups is 1. The van der Waals surface area contributed by atoms with E-state index in [1.807, 2.05) is 4.90 Å². The van der Waals surface area contributed by atoms with Gasteiger partial charge in [-0.2, -0.15) is 0 Å². The van der Waals surface area contributed by atoms with Crippen LogP contribution in [0.3, 0.4) is 0 Å². The Balaban J connectivity index is 1.42. The Morgan fingerprint density at radius 1 is 0.917 bits per heavy atom. The van der Waals surface area contributed by atoms with Gasteiger partial charge < -0.3 is 4.90 Å². The van der Waals surface area contributed by atoms with Crippen molar-refractivity contribution in [2.24, 2.45) is 0 Å². The molecule has 2 saturated heterocycles. The maximum Gasteiger partial charge on any atom is 0.236 e. The lowest BCUT2D eigenvalue weighted by molar-refractivity contribution is -0.131. The third-order valence-corrected chi connectivity index (χ3v) is 5.34. The van der Waals surface area contributed by atoms with Gasteiger partial charge in [0.15, 0.2) is 0 Å². The van der Waals surface area contributed by atoms with Crippen molar-refractivity contribution in [3.8, 4) is 0 Å². The van der Waals surface area contributed by atoms with E-state index in [2.05, 4.69) is 47.9 Å². The zero-order valence-electron chi connectivity index (χ0n) is 15.2. The predicted octanol–water partition coefficient (Wildman–Crippen LogP) is 2.55. The maximum absolute atomic E-state index is 12.2. The minimum absolute atomic E-state index is 0.324. The fourth-order valence-electron chi connectivity index (χ4n) is 3.63. The summed E-state index contributed by atoms with van der Waals surface area (Å²) in [6, 6.07) is 9.03. The standard InChI is InChI=1S/C20H31N3O/c1-17(2)19-7-5-18(6-8-19)15-21-11-13-22(14-12-21)16-20(24)23-9-3-4-10-23/h5-8,17H,3-4,9-16H2,1-2H3. The van der Waals surface area contributed by atoms with Gasteiger partial charge in [0, 0.05) is 45.8 Å². The molecular formula is C20H31N3O. The first-order valence-corrected chi connectivity index (χ1v) is 9.43. The van der Waals surface area contributed by atoms with Crippen LogP contribution in [0.5, 0.6) is 0 Å². The van der Waals surface area contributed by atoms with Crippen LogP contribution in [0.4, 0.5) is 0 Å². The Bertz CT molecular complexity index is 526. The molecule has 0 aromatic heterocycles. The molecule has 2 heterocycles. The summed E-state index contributed by atoms with van der Waals surface area (Å²) in [6.07, 6.45) is 2.35. The van der Waals surface area contributed by atoms with Gasteiger partial charge in [-0.25, -0.2) is 0 Å². The number of rotatable bonds is 5. The van der Waals surface area contributed by atoms with Gasteiger partial charge in [-0.1, -0.05) is 38.1 Å². The molecule has 1 aromatic rings. The van der Waals surface area contributed by atoms with E-state index in [0.29, 0.717) is 18.4 Å². The fraction of sp³-hybridized carbons (Fsp3) is 0.650. The summed E-state index contributed by atoms with van der Waals surface area (Å²) in [5.74, 6) is 0.918. The molecule has 24 heavy (non-hydrogen) atoms. The first kappa shape index (κ1) is 17.4. The van der Waals surface area contributed by atoms with Crippen molar-refractivity contribution in [1.82, 2.24) is 14.7 Å². The zero-order valence-corrected chi connectivity index (χ0v) is 15.2. The van der Waals surface area contributed by atoms with Crippen LogP contribution < -0.4 is 0 Å². The molecule has 2 aliphatic heterocycles. The van der Waals surface area contributed by atoms with E-state index >= 15 is 0 Å². The van der Waals surface area contributed by atoms with Crippen LogP contribution in [0.25, 0.3) is 0 Å². The van der Waals surface area contributed by atoms with Crippen molar-refractivity contribution >= 4 is 5.91 Å². The van der Waals surface area contributed by atoms with Crippen LogP contribution in [-0.2, 0) is 11.3 Å². The van der Waals surface area contributed by atoms with Crippen molar-refractivity contribution < 1.29 is 4.79 Å². The van der Waals surface area contributed by atoms with Crippen molar-refractivity contribution in [1.29, 1.82) is 0 Å². The second-order valence-corrected chi connectivity index (χ2v) is 7.54. The highest BCUT2D eigenvalue weighted by molar-refractivity contribution is 5.78. The van der Waals surface area contributed by atoms with Gasteiger partial charge in [-0.3, -0.25) is 14.6 Å². The van der Waals surface area contributed by atoms with E-state index in [1.54, 1.807) is 0 Å². The molecule has 0 aliphatic carbocycles. The van der Waals surface area contributed by atoms with Crippen LogP contribution in [-0.4, -0.2) is 66.4 Å². The fourth-order valence-corrected chi connectivity index (χ4v) is 3.63. The zero-order chi connectivity index (χ0) is 16.9. The highest BCUT2D eigenvalue weighted by Gasteiger charge is 2.23. The molecule has 0 spiro atoms. The Morgan fingerprint density at radius 2 is 1.50 bits per heavy atom. The van der Waals surface area contributed by atoms with Crippen molar-refractivity contribution in [2.45, 2.75) is 39.2 Å². The number of piperazine rings is 1.